The number of hydrogen-bond donors (Lipinski definition) is 2. The molecule has 9 heteroatoms. The van der Waals surface area contributed by atoms with Crippen LogP contribution >= 0.6 is 35.3 Å². The highest BCUT2D eigenvalue weighted by atomic mass is 127. The largest absolute Gasteiger partial charge is 0.573 e. The first-order valence-corrected chi connectivity index (χ1v) is 8.02. The monoisotopic (exact) mass is 485 g/mol. The molecule has 2 aromatic rings. The number of hydrogen-bond acceptors (Lipinski definition) is 3. The Morgan fingerprint density at radius 2 is 1.80 bits per heavy atom. The van der Waals surface area contributed by atoms with E-state index in [-0.39, 0.29) is 36.3 Å². The minimum absolute atomic E-state index is 0. The number of guanidine groups is 1. The molecular weight excluding hydrogens is 466 g/mol. The lowest BCUT2D eigenvalue weighted by Crippen LogP contribution is -2.36. The molecule has 4 nitrogen and oxygen atoms in total. The standard InChI is InChI=1S/C16H18F3N3OS.HI/c1-11-7-8-13(24-11)10-22-15(20-2)21-9-12-5-3-4-6-14(12)23-16(17,18)19;/h3-8H,9-10H2,1-2H3,(H2,20,21,22);1H. The molecule has 1 aromatic heterocycles. The van der Waals surface area contributed by atoms with E-state index in [4.69, 9.17) is 0 Å². The maximum Gasteiger partial charge on any atom is 0.573 e. The average molecular weight is 485 g/mol. The van der Waals surface area contributed by atoms with Gasteiger partial charge in [-0.3, -0.25) is 4.99 Å². The summed E-state index contributed by atoms with van der Waals surface area (Å²) >= 11 is 1.67. The van der Waals surface area contributed by atoms with Gasteiger partial charge in [0.05, 0.1) is 6.54 Å². The number of benzene rings is 1. The Kier molecular flexibility index (Phi) is 8.50. The predicted molar refractivity (Wildman–Crippen MR) is 105 cm³/mol. The molecule has 0 aliphatic rings. The maximum atomic E-state index is 12.4. The van der Waals surface area contributed by atoms with Crippen LogP contribution in [0.1, 0.15) is 15.3 Å². The normalized spacial score (nSPS) is 11.6. The van der Waals surface area contributed by atoms with Crippen molar-refractivity contribution in [2.45, 2.75) is 26.4 Å². The van der Waals surface area contributed by atoms with Gasteiger partial charge in [0.1, 0.15) is 5.75 Å². The minimum Gasteiger partial charge on any atom is -0.405 e. The van der Waals surface area contributed by atoms with Crippen LogP contribution in [0.15, 0.2) is 41.4 Å². The fourth-order valence-electron chi connectivity index (χ4n) is 2.02. The van der Waals surface area contributed by atoms with E-state index in [1.54, 1.807) is 30.5 Å². The Morgan fingerprint density at radius 3 is 2.40 bits per heavy atom. The van der Waals surface area contributed by atoms with E-state index in [9.17, 15) is 13.2 Å². The third kappa shape index (κ3) is 7.51. The number of nitrogens with zero attached hydrogens (tertiary/aromatic N) is 1. The number of nitrogens with one attached hydrogen (secondary N) is 2. The summed E-state index contributed by atoms with van der Waals surface area (Å²) in [5, 5.41) is 6.11. The summed E-state index contributed by atoms with van der Waals surface area (Å²) in [6, 6.07) is 10.1. The summed E-state index contributed by atoms with van der Waals surface area (Å²) in [7, 11) is 1.60. The molecule has 0 fully saturated rings. The summed E-state index contributed by atoms with van der Waals surface area (Å²) in [6.07, 6.45) is -4.72. The molecule has 0 aliphatic carbocycles. The van der Waals surface area contributed by atoms with Crippen LogP contribution in [-0.4, -0.2) is 19.4 Å². The minimum atomic E-state index is -4.72. The van der Waals surface area contributed by atoms with Gasteiger partial charge in [-0.25, -0.2) is 0 Å². The Balaban J connectivity index is 0.00000312. The molecular formula is C16H19F3IN3OS. The van der Waals surface area contributed by atoms with Crippen molar-refractivity contribution in [2.75, 3.05) is 7.05 Å². The SMILES string of the molecule is CN=C(NCc1ccc(C)s1)NCc1ccccc1OC(F)(F)F.I. The first-order chi connectivity index (χ1) is 11.4. The van der Waals surface area contributed by atoms with Gasteiger partial charge in [-0.15, -0.1) is 48.5 Å². The lowest BCUT2D eigenvalue weighted by Gasteiger charge is -2.15. The molecule has 0 bridgehead atoms. The van der Waals surface area contributed by atoms with E-state index >= 15 is 0 Å². The summed E-state index contributed by atoms with van der Waals surface area (Å²) in [5.41, 5.74) is 0.393. The van der Waals surface area contributed by atoms with Crippen molar-refractivity contribution in [3.63, 3.8) is 0 Å². The molecule has 0 aliphatic heterocycles. The van der Waals surface area contributed by atoms with E-state index in [1.165, 1.54) is 17.0 Å². The van der Waals surface area contributed by atoms with E-state index in [0.29, 0.717) is 18.1 Å². The third-order valence-corrected chi connectivity index (χ3v) is 4.09. The van der Waals surface area contributed by atoms with Gasteiger partial charge in [0.15, 0.2) is 5.96 Å². The fraction of sp³-hybridized carbons (Fsp3) is 0.312. The van der Waals surface area contributed by atoms with Gasteiger partial charge in [-0.05, 0) is 25.1 Å². The van der Waals surface area contributed by atoms with Gasteiger partial charge >= 0.3 is 6.36 Å². The van der Waals surface area contributed by atoms with Gasteiger partial charge < -0.3 is 15.4 Å². The molecule has 0 saturated heterocycles. The van der Waals surface area contributed by atoms with Gasteiger partial charge in [-0.2, -0.15) is 0 Å². The lowest BCUT2D eigenvalue weighted by molar-refractivity contribution is -0.274. The maximum absolute atomic E-state index is 12.4. The number of ether oxygens (including phenoxy) is 1. The van der Waals surface area contributed by atoms with Crippen LogP contribution in [0.25, 0.3) is 0 Å². The molecule has 1 aromatic carbocycles. The summed E-state index contributed by atoms with van der Waals surface area (Å²) in [5.74, 6) is 0.282. The summed E-state index contributed by atoms with van der Waals surface area (Å²) in [4.78, 5) is 6.43. The fourth-order valence-corrected chi connectivity index (χ4v) is 2.85. The Hall–Kier alpha value is -1.49. The van der Waals surface area contributed by atoms with E-state index in [2.05, 4.69) is 20.4 Å². The molecule has 2 rings (SSSR count). The third-order valence-electron chi connectivity index (χ3n) is 3.09. The molecule has 2 N–H and O–H groups in total. The first-order valence-electron chi connectivity index (χ1n) is 7.21. The molecule has 0 spiro atoms. The smallest absolute Gasteiger partial charge is 0.405 e. The van der Waals surface area contributed by atoms with Crippen molar-refractivity contribution in [1.82, 2.24) is 10.6 Å². The zero-order valence-corrected chi connectivity index (χ0v) is 16.8. The van der Waals surface area contributed by atoms with Gasteiger partial charge in [0.2, 0.25) is 0 Å². The van der Waals surface area contributed by atoms with E-state index in [1.807, 2.05) is 19.1 Å². The summed E-state index contributed by atoms with van der Waals surface area (Å²) in [6.45, 7) is 2.78. The van der Waals surface area contributed by atoms with Crippen LogP contribution in [0.3, 0.4) is 0 Å². The van der Waals surface area contributed by atoms with Gasteiger partial charge in [0, 0.05) is 28.9 Å². The molecule has 0 saturated carbocycles. The summed E-state index contributed by atoms with van der Waals surface area (Å²) < 4.78 is 41.3. The number of alkyl halides is 3. The molecule has 138 valence electrons. The van der Waals surface area contributed by atoms with Crippen LogP contribution in [0, 0.1) is 6.92 Å². The van der Waals surface area contributed by atoms with E-state index in [0.717, 1.165) is 4.88 Å². The van der Waals surface area contributed by atoms with Crippen LogP contribution in [0.5, 0.6) is 5.75 Å². The van der Waals surface area contributed by atoms with Crippen molar-refractivity contribution in [1.29, 1.82) is 0 Å². The van der Waals surface area contributed by atoms with Gasteiger partial charge in [0.25, 0.3) is 0 Å². The first kappa shape index (κ1) is 21.6. The molecule has 1 heterocycles. The highest BCUT2D eigenvalue weighted by molar-refractivity contribution is 14.0. The molecule has 0 unspecified atom stereocenters. The van der Waals surface area contributed by atoms with Crippen molar-refractivity contribution in [2.24, 2.45) is 4.99 Å². The van der Waals surface area contributed by atoms with Crippen LogP contribution in [-0.2, 0) is 13.1 Å². The van der Waals surface area contributed by atoms with E-state index < -0.39 is 6.36 Å². The number of aryl methyl sites for hydroxylation is 1. The van der Waals surface area contributed by atoms with Crippen LogP contribution in [0.4, 0.5) is 13.2 Å². The average Bonchev–Trinajstić information content (AvgIpc) is 2.93. The number of para-hydroxylation sites is 1. The molecule has 25 heavy (non-hydrogen) atoms. The van der Waals surface area contributed by atoms with Crippen LogP contribution in [0.2, 0.25) is 0 Å². The highest BCUT2D eigenvalue weighted by Gasteiger charge is 2.31. The van der Waals surface area contributed by atoms with Gasteiger partial charge in [-0.1, -0.05) is 18.2 Å². The number of rotatable bonds is 5. The Labute approximate surface area is 165 Å². The second-order valence-corrected chi connectivity index (χ2v) is 6.32. The quantitative estimate of drug-likeness (QED) is 0.374. The number of halogens is 4. The van der Waals surface area contributed by atoms with Crippen molar-refractivity contribution in [3.8, 4) is 5.75 Å². The molecule has 0 amide bonds. The number of thiophene rings is 1. The van der Waals surface area contributed by atoms with Crippen LogP contribution < -0.4 is 15.4 Å². The number of aliphatic imine (C=N–C) groups is 1. The molecule has 0 atom stereocenters. The highest BCUT2D eigenvalue weighted by Crippen LogP contribution is 2.26. The zero-order valence-electron chi connectivity index (χ0n) is 13.7. The second kappa shape index (κ2) is 9.85. The topological polar surface area (TPSA) is 45.7 Å². The Bertz CT molecular complexity index is 704. The Morgan fingerprint density at radius 1 is 1.12 bits per heavy atom. The second-order valence-electron chi connectivity index (χ2n) is 4.95. The molecule has 0 radical (unpaired) electrons. The van der Waals surface area contributed by atoms with Crippen molar-refractivity contribution >= 4 is 41.3 Å². The zero-order chi connectivity index (χ0) is 17.6. The van der Waals surface area contributed by atoms with Crippen molar-refractivity contribution < 1.29 is 17.9 Å². The lowest BCUT2D eigenvalue weighted by atomic mass is 10.2. The predicted octanol–water partition coefficient (Wildman–Crippen LogP) is 4.44. The van der Waals surface area contributed by atoms with Crippen molar-refractivity contribution in [3.05, 3.63) is 51.7 Å².